The molecular formula is C19H22N2O8S. The first-order chi connectivity index (χ1) is 14.2. The van der Waals surface area contributed by atoms with Crippen LogP contribution in [0, 0.1) is 6.92 Å². The van der Waals surface area contributed by atoms with Crippen LogP contribution in [-0.4, -0.2) is 55.2 Å². The number of H-pyrrole nitrogens is 1. The zero-order chi connectivity index (χ0) is 21.5. The number of hydrogen-bond donors (Lipinski definition) is 1. The monoisotopic (exact) mass is 438 g/mol. The Balaban J connectivity index is 1.65. The van der Waals surface area contributed by atoms with Gasteiger partial charge in [-0.05, 0) is 12.5 Å². The molecule has 2 bridgehead atoms. The van der Waals surface area contributed by atoms with E-state index in [4.69, 9.17) is 18.4 Å². The SMILES string of the molecule is Cc1cn([C@@H]2O[C@]3(COS(C)(=O)=O)CO[C@H]2[C@H]3OCc2ccccc2)c(=O)[nH]c1=O. The first-order valence-corrected chi connectivity index (χ1v) is 11.1. The average molecular weight is 438 g/mol. The average Bonchev–Trinajstić information content (AvgIpc) is 3.20. The predicted molar refractivity (Wildman–Crippen MR) is 104 cm³/mol. The van der Waals surface area contributed by atoms with Crippen LogP contribution in [0.2, 0.25) is 0 Å². The molecule has 0 spiro atoms. The number of nitrogens with one attached hydrogen (secondary N) is 1. The van der Waals surface area contributed by atoms with E-state index in [0.29, 0.717) is 5.56 Å². The zero-order valence-electron chi connectivity index (χ0n) is 16.4. The summed E-state index contributed by atoms with van der Waals surface area (Å²) in [5, 5.41) is 0. The van der Waals surface area contributed by atoms with Crippen LogP contribution in [0.5, 0.6) is 0 Å². The highest BCUT2D eigenvalue weighted by atomic mass is 32.2. The van der Waals surface area contributed by atoms with Gasteiger partial charge >= 0.3 is 5.69 Å². The van der Waals surface area contributed by atoms with Crippen molar-refractivity contribution in [3.8, 4) is 0 Å². The minimum Gasteiger partial charge on any atom is -0.367 e. The van der Waals surface area contributed by atoms with E-state index in [0.717, 1.165) is 11.8 Å². The summed E-state index contributed by atoms with van der Waals surface area (Å²) in [7, 11) is -3.74. The van der Waals surface area contributed by atoms with Gasteiger partial charge in [-0.1, -0.05) is 30.3 Å². The largest absolute Gasteiger partial charge is 0.367 e. The molecule has 0 saturated carbocycles. The molecule has 2 fully saturated rings. The second-order valence-corrected chi connectivity index (χ2v) is 9.15. The second-order valence-electron chi connectivity index (χ2n) is 7.51. The molecule has 1 N–H and O–H groups in total. The molecule has 30 heavy (non-hydrogen) atoms. The molecule has 0 unspecified atom stereocenters. The second kappa shape index (κ2) is 7.75. The van der Waals surface area contributed by atoms with E-state index in [1.165, 1.54) is 10.8 Å². The fourth-order valence-electron chi connectivity index (χ4n) is 3.71. The maximum atomic E-state index is 12.4. The third kappa shape index (κ3) is 3.98. The highest BCUT2D eigenvalue weighted by Gasteiger charge is 2.63. The van der Waals surface area contributed by atoms with E-state index in [1.807, 2.05) is 30.3 Å². The van der Waals surface area contributed by atoms with Crippen molar-refractivity contribution < 1.29 is 26.8 Å². The minimum atomic E-state index is -3.74. The molecule has 11 heteroatoms. The van der Waals surface area contributed by atoms with Crippen molar-refractivity contribution in [1.29, 1.82) is 0 Å². The van der Waals surface area contributed by atoms with Gasteiger partial charge in [-0.3, -0.25) is 18.5 Å². The lowest BCUT2D eigenvalue weighted by Gasteiger charge is -2.31. The van der Waals surface area contributed by atoms with Gasteiger partial charge in [0, 0.05) is 11.8 Å². The molecule has 0 aliphatic carbocycles. The number of ether oxygens (including phenoxy) is 3. The molecule has 3 heterocycles. The Morgan fingerprint density at radius 1 is 1.27 bits per heavy atom. The molecule has 2 aliphatic rings. The summed E-state index contributed by atoms with van der Waals surface area (Å²) >= 11 is 0. The number of benzene rings is 1. The van der Waals surface area contributed by atoms with Gasteiger partial charge in [-0.15, -0.1) is 0 Å². The van der Waals surface area contributed by atoms with Crippen molar-refractivity contribution in [3.05, 3.63) is 68.5 Å². The van der Waals surface area contributed by atoms with Crippen LogP contribution in [0.15, 0.2) is 46.1 Å². The number of hydrogen-bond acceptors (Lipinski definition) is 8. The molecule has 4 atom stereocenters. The highest BCUT2D eigenvalue weighted by Crippen LogP contribution is 2.46. The van der Waals surface area contributed by atoms with Crippen LogP contribution < -0.4 is 11.2 Å². The Bertz CT molecular complexity index is 1140. The smallest absolute Gasteiger partial charge is 0.330 e. The summed E-state index contributed by atoms with van der Waals surface area (Å²) in [6.45, 7) is 1.52. The van der Waals surface area contributed by atoms with E-state index >= 15 is 0 Å². The van der Waals surface area contributed by atoms with Crippen LogP contribution in [0.25, 0.3) is 0 Å². The van der Waals surface area contributed by atoms with Gasteiger partial charge in [0.25, 0.3) is 15.7 Å². The number of nitrogens with zero attached hydrogens (tertiary/aromatic N) is 1. The maximum Gasteiger partial charge on any atom is 0.330 e. The molecule has 0 amide bonds. The Morgan fingerprint density at radius 2 is 2.00 bits per heavy atom. The predicted octanol–water partition coefficient (Wildman–Crippen LogP) is 0.0730. The van der Waals surface area contributed by atoms with Crippen molar-refractivity contribution >= 4 is 10.1 Å². The third-order valence-electron chi connectivity index (χ3n) is 5.18. The molecule has 2 saturated heterocycles. The fraction of sp³-hybridized carbons (Fsp3) is 0.474. The fourth-order valence-corrected chi connectivity index (χ4v) is 4.12. The van der Waals surface area contributed by atoms with Crippen molar-refractivity contribution in [2.24, 2.45) is 0 Å². The molecule has 4 rings (SSSR count). The van der Waals surface area contributed by atoms with Crippen LogP contribution >= 0.6 is 0 Å². The standard InChI is InChI=1S/C19H22N2O8S/c1-12-8-21(18(23)20-16(12)22)17-14-15(26-9-13-6-4-3-5-7-13)19(29-17,10-27-14)11-28-30(2,24)25/h3-8,14-15,17H,9-11H2,1-2H3,(H,20,22,23)/t14-,15+,17+,19-/m0/s1. The summed E-state index contributed by atoms with van der Waals surface area (Å²) in [4.78, 5) is 26.3. The molecule has 162 valence electrons. The van der Waals surface area contributed by atoms with Gasteiger partial charge < -0.3 is 14.2 Å². The summed E-state index contributed by atoms with van der Waals surface area (Å²) in [5.41, 5.74) is -1.14. The number of aryl methyl sites for hydroxylation is 1. The lowest BCUT2D eigenvalue weighted by molar-refractivity contribution is -0.185. The summed E-state index contributed by atoms with van der Waals surface area (Å²) in [5.74, 6) is 0. The van der Waals surface area contributed by atoms with E-state index in [1.54, 1.807) is 6.92 Å². The van der Waals surface area contributed by atoms with Crippen LogP contribution in [-0.2, 0) is 35.1 Å². The Hall–Kier alpha value is -2.31. The van der Waals surface area contributed by atoms with E-state index < -0.39 is 45.4 Å². The first-order valence-electron chi connectivity index (χ1n) is 9.30. The summed E-state index contributed by atoms with van der Waals surface area (Å²) in [6.07, 6.45) is 0.0306. The number of fused-ring (bicyclic) bond motifs is 2. The van der Waals surface area contributed by atoms with E-state index in [2.05, 4.69) is 4.98 Å². The van der Waals surface area contributed by atoms with Crippen LogP contribution in [0.3, 0.4) is 0 Å². The van der Waals surface area contributed by atoms with Gasteiger partial charge in [-0.2, -0.15) is 8.42 Å². The topological polar surface area (TPSA) is 126 Å². The molecule has 2 aliphatic heterocycles. The number of rotatable bonds is 7. The Morgan fingerprint density at radius 3 is 2.70 bits per heavy atom. The normalized spacial score (nSPS) is 28.1. The van der Waals surface area contributed by atoms with Crippen molar-refractivity contribution in [3.63, 3.8) is 0 Å². The summed E-state index contributed by atoms with van der Waals surface area (Å²) < 4.78 is 47.4. The zero-order valence-corrected chi connectivity index (χ0v) is 17.3. The Labute approximate surface area is 172 Å². The lowest BCUT2D eigenvalue weighted by Crippen LogP contribution is -2.47. The van der Waals surface area contributed by atoms with Gasteiger partial charge in [0.2, 0.25) is 0 Å². The highest BCUT2D eigenvalue weighted by molar-refractivity contribution is 7.85. The first kappa shape index (κ1) is 20.9. The Kier molecular flexibility index (Phi) is 5.41. The minimum absolute atomic E-state index is 0.0419. The number of aromatic nitrogens is 2. The van der Waals surface area contributed by atoms with E-state index in [-0.39, 0.29) is 19.8 Å². The lowest BCUT2D eigenvalue weighted by atomic mass is 10.00. The quantitative estimate of drug-likeness (QED) is 0.602. The molecule has 1 aromatic heterocycles. The molecular weight excluding hydrogens is 416 g/mol. The van der Waals surface area contributed by atoms with Gasteiger partial charge in [0.05, 0.1) is 19.5 Å². The maximum absolute atomic E-state index is 12.4. The molecule has 0 radical (unpaired) electrons. The molecule has 2 aromatic rings. The van der Waals surface area contributed by atoms with Crippen LogP contribution in [0.1, 0.15) is 17.4 Å². The van der Waals surface area contributed by atoms with Crippen LogP contribution in [0.4, 0.5) is 0 Å². The van der Waals surface area contributed by atoms with E-state index in [9.17, 15) is 18.0 Å². The molecule has 1 aromatic carbocycles. The van der Waals surface area contributed by atoms with Crippen molar-refractivity contribution in [2.45, 2.75) is 37.6 Å². The molecule has 10 nitrogen and oxygen atoms in total. The summed E-state index contributed by atoms with van der Waals surface area (Å²) in [6, 6.07) is 9.43. The van der Waals surface area contributed by atoms with Gasteiger partial charge in [0.1, 0.15) is 24.4 Å². The van der Waals surface area contributed by atoms with Gasteiger partial charge in [-0.25, -0.2) is 4.79 Å². The number of aromatic amines is 1. The van der Waals surface area contributed by atoms with Crippen molar-refractivity contribution in [1.82, 2.24) is 9.55 Å². The van der Waals surface area contributed by atoms with Crippen molar-refractivity contribution in [2.75, 3.05) is 19.5 Å². The van der Waals surface area contributed by atoms with Gasteiger partial charge in [0.15, 0.2) is 6.23 Å². The third-order valence-corrected chi connectivity index (χ3v) is 5.73.